The second-order valence-electron chi connectivity index (χ2n) is 21.5. The van der Waals surface area contributed by atoms with Crippen LogP contribution in [-0.2, 0) is 10.2 Å². The molecule has 2 aliphatic heterocycles. The van der Waals surface area contributed by atoms with Gasteiger partial charge in [-0.1, -0.05) is 115 Å². The molecule has 324 valence electrons. The molecule has 0 fully saturated rings. The average molecular weight is 841 g/mol. The molecular formula is C61H64N2O. The van der Waals surface area contributed by atoms with Crippen molar-refractivity contribution in [3.05, 3.63) is 185 Å². The van der Waals surface area contributed by atoms with Gasteiger partial charge in [0.25, 0.3) is 0 Å². The van der Waals surface area contributed by atoms with E-state index >= 15 is 0 Å². The fraction of sp³-hybridized carbons (Fsp3) is 0.443. The Balaban J connectivity index is 0.848. The Morgan fingerprint density at radius 2 is 1.47 bits per heavy atom. The lowest BCUT2D eigenvalue weighted by Crippen LogP contribution is -2.51. The highest BCUT2D eigenvalue weighted by Gasteiger charge is 2.58. The number of allylic oxidation sites excluding steroid dienone is 13. The van der Waals surface area contributed by atoms with Crippen LogP contribution in [0.2, 0.25) is 0 Å². The maximum absolute atomic E-state index is 6.82. The number of hydrogen-bond donors (Lipinski definition) is 0. The minimum atomic E-state index is -0.101. The first-order chi connectivity index (χ1) is 31.8. The zero-order chi connectivity index (χ0) is 41.9. The summed E-state index contributed by atoms with van der Waals surface area (Å²) >= 11 is 0. The fourth-order valence-electron chi connectivity index (χ4n) is 16.2. The number of ether oxygens (including phenoxy) is 1. The van der Waals surface area contributed by atoms with E-state index in [-0.39, 0.29) is 11.5 Å². The summed E-state index contributed by atoms with van der Waals surface area (Å²) in [7, 11) is 0. The summed E-state index contributed by atoms with van der Waals surface area (Å²) in [6, 6.07) is 19.2. The van der Waals surface area contributed by atoms with E-state index < -0.39 is 0 Å². The molecule has 12 atom stereocenters. The highest BCUT2D eigenvalue weighted by atomic mass is 16.5. The molecule has 0 amide bonds. The van der Waals surface area contributed by atoms with Crippen molar-refractivity contribution in [2.45, 2.75) is 132 Å². The van der Waals surface area contributed by atoms with E-state index in [0.717, 1.165) is 25.0 Å². The van der Waals surface area contributed by atoms with Crippen molar-refractivity contribution in [2.24, 2.45) is 35.5 Å². The minimum absolute atomic E-state index is 0.101. The summed E-state index contributed by atoms with van der Waals surface area (Å²) in [5.41, 5.74) is 15.6. The molecule has 2 aromatic carbocycles. The van der Waals surface area contributed by atoms with Crippen LogP contribution < -0.4 is 4.90 Å². The summed E-state index contributed by atoms with van der Waals surface area (Å²) < 4.78 is 6.82. The quantitative estimate of drug-likeness (QED) is 0.279. The SMILES string of the molecule is C1=CC2=C(CC1)C1C=CCCC1C21c2ccccc2-c2ccc(N(C3C=CC(C4C=CC5C(C4)C4=C(C=CCC4)N5C4CC=CCC4)CC3)C3CC=CC4OC5=C(CCC=C5)C43)cc21. The molecule has 0 bridgehead atoms. The third-order valence-corrected chi connectivity index (χ3v) is 18.7. The summed E-state index contributed by atoms with van der Waals surface area (Å²) in [4.78, 5) is 5.82. The van der Waals surface area contributed by atoms with Gasteiger partial charge in [-0.15, -0.1) is 0 Å². The largest absolute Gasteiger partial charge is 0.486 e. The minimum Gasteiger partial charge on any atom is -0.486 e. The van der Waals surface area contributed by atoms with Gasteiger partial charge in [0, 0.05) is 47.3 Å². The number of anilines is 1. The first kappa shape index (κ1) is 38.3. The van der Waals surface area contributed by atoms with Crippen molar-refractivity contribution in [1.29, 1.82) is 0 Å². The molecule has 0 radical (unpaired) electrons. The molecule has 0 saturated heterocycles. The predicted molar refractivity (Wildman–Crippen MR) is 261 cm³/mol. The van der Waals surface area contributed by atoms with Gasteiger partial charge < -0.3 is 14.5 Å². The zero-order valence-corrected chi connectivity index (χ0v) is 37.5. The van der Waals surface area contributed by atoms with Crippen LogP contribution in [0, 0.1) is 35.5 Å². The number of nitrogens with zero attached hydrogens (tertiary/aromatic N) is 2. The van der Waals surface area contributed by atoms with E-state index in [1.54, 1.807) is 39.1 Å². The monoisotopic (exact) mass is 841 g/mol. The third-order valence-electron chi connectivity index (χ3n) is 18.7. The van der Waals surface area contributed by atoms with E-state index in [1.165, 1.54) is 93.9 Å². The topological polar surface area (TPSA) is 15.7 Å². The molecule has 2 aromatic rings. The number of benzene rings is 2. The number of hydrogen-bond acceptors (Lipinski definition) is 3. The lowest BCUT2D eigenvalue weighted by atomic mass is 9.62. The Kier molecular flexibility index (Phi) is 8.98. The van der Waals surface area contributed by atoms with Crippen molar-refractivity contribution in [3.8, 4) is 11.1 Å². The molecule has 0 N–H and O–H groups in total. The Morgan fingerprint density at radius 1 is 0.625 bits per heavy atom. The van der Waals surface area contributed by atoms with Crippen molar-refractivity contribution in [3.63, 3.8) is 0 Å². The van der Waals surface area contributed by atoms with Crippen molar-refractivity contribution in [1.82, 2.24) is 4.90 Å². The Labute approximate surface area is 381 Å². The Hall–Kier alpha value is -5.02. The van der Waals surface area contributed by atoms with Crippen LogP contribution in [0.5, 0.6) is 0 Å². The summed E-state index contributed by atoms with van der Waals surface area (Å²) in [5, 5.41) is 0. The molecular weight excluding hydrogens is 777 g/mol. The first-order valence-corrected chi connectivity index (χ1v) is 25.8. The van der Waals surface area contributed by atoms with Crippen LogP contribution >= 0.6 is 0 Å². The number of fused-ring (bicyclic) bond motifs is 13. The standard InChI is InChI=1S/C61H64N2O/c1-2-15-41(16-3-1)63-55-25-12-7-20-48(55)50-37-40(31-36-56(50)63)39-29-32-42(33-30-39)62(57-26-14-28-59-60(57)49-21-8-13-27-58(49)64-59)43-34-35-47-46-19-6-11-24-53(46)61(54(47)38-43)51-22-9-4-17-44(51)45-18-5-10-23-52(45)61/h1-2,4,6,10-14,17,19,23-25,27-29,31-32,34-36,38-42,44,50-51,56-57,59-60H,3,5,7-9,15-16,18,20-22,26,30,33,37H2. The number of rotatable bonds is 5. The second kappa shape index (κ2) is 15.0. The van der Waals surface area contributed by atoms with Gasteiger partial charge in [0.15, 0.2) is 0 Å². The Morgan fingerprint density at radius 3 is 2.38 bits per heavy atom. The van der Waals surface area contributed by atoms with Crippen molar-refractivity contribution < 1.29 is 4.74 Å². The zero-order valence-electron chi connectivity index (χ0n) is 37.5. The molecule has 12 unspecified atom stereocenters. The molecule has 3 heteroatoms. The highest BCUT2D eigenvalue weighted by molar-refractivity contribution is 5.87. The Bertz CT molecular complexity index is 2640. The molecule has 14 rings (SSSR count). The van der Waals surface area contributed by atoms with Gasteiger partial charge in [-0.2, -0.15) is 0 Å². The molecule has 0 saturated carbocycles. The predicted octanol–water partition coefficient (Wildman–Crippen LogP) is 13.9. The summed E-state index contributed by atoms with van der Waals surface area (Å²) in [5.74, 6) is 4.49. The van der Waals surface area contributed by atoms with Crippen molar-refractivity contribution >= 4 is 5.69 Å². The van der Waals surface area contributed by atoms with E-state index in [0.29, 0.717) is 59.7 Å². The van der Waals surface area contributed by atoms with Crippen LogP contribution in [0.15, 0.2) is 173 Å². The third kappa shape index (κ3) is 5.51. The van der Waals surface area contributed by atoms with E-state index in [2.05, 4.69) is 149 Å². The van der Waals surface area contributed by atoms with Crippen molar-refractivity contribution in [2.75, 3.05) is 4.90 Å². The van der Waals surface area contributed by atoms with Crippen LogP contribution in [0.3, 0.4) is 0 Å². The van der Waals surface area contributed by atoms with Crippen LogP contribution in [0.4, 0.5) is 5.69 Å². The fourth-order valence-corrected chi connectivity index (χ4v) is 16.2. The smallest absolute Gasteiger partial charge is 0.125 e. The van der Waals surface area contributed by atoms with Crippen LogP contribution in [-0.4, -0.2) is 35.2 Å². The summed E-state index contributed by atoms with van der Waals surface area (Å²) in [6.45, 7) is 0. The molecule has 64 heavy (non-hydrogen) atoms. The second-order valence-corrected chi connectivity index (χ2v) is 21.5. The molecule has 10 aliphatic carbocycles. The van der Waals surface area contributed by atoms with E-state index in [9.17, 15) is 0 Å². The maximum Gasteiger partial charge on any atom is 0.125 e. The van der Waals surface area contributed by atoms with Gasteiger partial charge in [-0.3, -0.25) is 0 Å². The van der Waals surface area contributed by atoms with Gasteiger partial charge in [0.05, 0.1) is 11.5 Å². The molecule has 0 aromatic heterocycles. The molecule has 2 heterocycles. The van der Waals surface area contributed by atoms with Gasteiger partial charge in [-0.25, -0.2) is 0 Å². The molecule has 1 spiro atoms. The van der Waals surface area contributed by atoms with Gasteiger partial charge in [0.1, 0.15) is 11.9 Å². The van der Waals surface area contributed by atoms with Crippen LogP contribution in [0.25, 0.3) is 11.1 Å². The van der Waals surface area contributed by atoms with Gasteiger partial charge in [-0.05, 0) is 183 Å². The van der Waals surface area contributed by atoms with Crippen LogP contribution in [0.1, 0.15) is 107 Å². The molecule has 3 nitrogen and oxygen atoms in total. The first-order valence-electron chi connectivity index (χ1n) is 25.8. The van der Waals surface area contributed by atoms with Gasteiger partial charge >= 0.3 is 0 Å². The summed E-state index contributed by atoms with van der Waals surface area (Å²) in [6.07, 6.45) is 58.3. The lowest BCUT2D eigenvalue weighted by molar-refractivity contribution is 0.141. The maximum atomic E-state index is 6.82. The normalized spacial score (nSPS) is 37.9. The highest BCUT2D eigenvalue weighted by Crippen LogP contribution is 2.67. The van der Waals surface area contributed by atoms with Gasteiger partial charge in [0.2, 0.25) is 0 Å². The van der Waals surface area contributed by atoms with E-state index in [4.69, 9.17) is 4.74 Å². The lowest BCUT2D eigenvalue weighted by Gasteiger charge is -2.47. The average Bonchev–Trinajstić information content (AvgIpc) is 4.08. The van der Waals surface area contributed by atoms with E-state index in [1.807, 2.05) is 0 Å². The molecule has 12 aliphatic rings.